The number of hydrogen-bond donors (Lipinski definition) is 0. The van der Waals surface area contributed by atoms with Gasteiger partial charge < -0.3 is 9.64 Å². The lowest BCUT2D eigenvalue weighted by molar-refractivity contribution is 0.207. The standard InChI is InChI=1S/C22H25ClN8OS/c1-3-5-19(6-4-9-31-15-25-28-29-31)32-13-18-14-33-21(26-18)17-7-10-30(11-8-17)22-24-12-16(2)20(23)27-22/h3-6,12,14-15,17H,1,7-11,13H2,2H3/b6-4-,19-5+. The Morgan fingerprint density at radius 1 is 1.33 bits per heavy atom. The molecule has 0 atom stereocenters. The number of aromatic nitrogens is 7. The van der Waals surface area contributed by atoms with Crippen LogP contribution in [0.1, 0.15) is 35.0 Å². The van der Waals surface area contributed by atoms with Crippen molar-refractivity contribution in [2.45, 2.75) is 38.8 Å². The van der Waals surface area contributed by atoms with E-state index in [1.165, 1.54) is 0 Å². The van der Waals surface area contributed by atoms with Gasteiger partial charge in [0.15, 0.2) is 0 Å². The molecule has 4 rings (SSSR count). The smallest absolute Gasteiger partial charge is 0.226 e. The molecule has 0 N–H and O–H groups in total. The molecule has 1 aliphatic rings. The third-order valence-corrected chi connectivity index (χ3v) is 6.67. The van der Waals surface area contributed by atoms with Gasteiger partial charge in [0.05, 0.1) is 17.2 Å². The summed E-state index contributed by atoms with van der Waals surface area (Å²) in [6.07, 6.45) is 12.7. The first-order valence-corrected chi connectivity index (χ1v) is 11.9. The first kappa shape index (κ1) is 23.1. The predicted octanol–water partition coefficient (Wildman–Crippen LogP) is 4.11. The quantitative estimate of drug-likeness (QED) is 0.254. The van der Waals surface area contributed by atoms with Crippen LogP contribution in [0.3, 0.4) is 0 Å². The summed E-state index contributed by atoms with van der Waals surface area (Å²) < 4.78 is 7.56. The number of anilines is 1. The van der Waals surface area contributed by atoms with E-state index in [-0.39, 0.29) is 0 Å². The lowest BCUT2D eigenvalue weighted by Crippen LogP contribution is -2.34. The SMILES string of the molecule is C=C/C=C(\C=C/Cn1cnnn1)OCc1csc(C2CCN(c3ncc(C)c(Cl)n3)CC2)n1. The Morgan fingerprint density at radius 2 is 2.18 bits per heavy atom. The molecule has 3 aromatic heterocycles. The maximum Gasteiger partial charge on any atom is 0.226 e. The second-order valence-corrected chi connectivity index (χ2v) is 8.86. The fourth-order valence-corrected chi connectivity index (χ4v) is 4.53. The fourth-order valence-electron chi connectivity index (χ4n) is 3.43. The summed E-state index contributed by atoms with van der Waals surface area (Å²) in [6, 6.07) is 0. The molecule has 3 aromatic rings. The van der Waals surface area contributed by atoms with E-state index in [1.54, 1.807) is 34.6 Å². The van der Waals surface area contributed by atoms with Crippen LogP contribution in [-0.4, -0.2) is 48.2 Å². The minimum absolute atomic E-state index is 0.403. The molecule has 1 fully saturated rings. The molecule has 0 radical (unpaired) electrons. The van der Waals surface area contributed by atoms with Crippen molar-refractivity contribution in [3.05, 3.63) is 76.0 Å². The van der Waals surface area contributed by atoms with Crippen LogP contribution in [0.25, 0.3) is 0 Å². The van der Waals surface area contributed by atoms with Crippen molar-refractivity contribution >= 4 is 28.9 Å². The van der Waals surface area contributed by atoms with Crippen molar-refractivity contribution in [3.8, 4) is 0 Å². The number of thiazole rings is 1. The molecule has 0 aromatic carbocycles. The van der Waals surface area contributed by atoms with Gasteiger partial charge in [0.25, 0.3) is 0 Å². The van der Waals surface area contributed by atoms with Gasteiger partial charge in [0.2, 0.25) is 5.95 Å². The first-order chi connectivity index (χ1) is 16.1. The van der Waals surface area contributed by atoms with Gasteiger partial charge in [-0.1, -0.05) is 30.3 Å². The number of rotatable bonds is 9. The largest absolute Gasteiger partial charge is 0.487 e. The normalized spacial score (nSPS) is 15.3. The van der Waals surface area contributed by atoms with Gasteiger partial charge in [-0.3, -0.25) is 0 Å². The Bertz CT molecular complexity index is 1120. The van der Waals surface area contributed by atoms with Crippen LogP contribution in [0.15, 0.2) is 54.5 Å². The lowest BCUT2D eigenvalue weighted by atomic mass is 9.98. The summed E-state index contributed by atoms with van der Waals surface area (Å²) in [6.45, 7) is 8.39. The van der Waals surface area contributed by atoms with E-state index >= 15 is 0 Å². The first-order valence-electron chi connectivity index (χ1n) is 10.6. The Morgan fingerprint density at radius 3 is 2.91 bits per heavy atom. The van der Waals surface area contributed by atoms with E-state index in [9.17, 15) is 0 Å². The van der Waals surface area contributed by atoms with Crippen LogP contribution < -0.4 is 4.90 Å². The van der Waals surface area contributed by atoms with Gasteiger partial charge in [-0.25, -0.2) is 19.6 Å². The molecule has 33 heavy (non-hydrogen) atoms. The zero-order valence-corrected chi connectivity index (χ0v) is 19.9. The Balaban J connectivity index is 1.28. The number of allylic oxidation sites excluding steroid dienone is 4. The minimum atomic E-state index is 0.403. The highest BCUT2D eigenvalue weighted by Crippen LogP contribution is 2.32. The molecule has 11 heteroatoms. The van der Waals surface area contributed by atoms with E-state index in [0.29, 0.717) is 35.9 Å². The molecule has 0 unspecified atom stereocenters. The average molecular weight is 485 g/mol. The maximum absolute atomic E-state index is 6.16. The number of halogens is 1. The van der Waals surface area contributed by atoms with Crippen molar-refractivity contribution < 1.29 is 4.74 Å². The van der Waals surface area contributed by atoms with Crippen LogP contribution in [-0.2, 0) is 17.9 Å². The lowest BCUT2D eigenvalue weighted by Gasteiger charge is -2.31. The predicted molar refractivity (Wildman–Crippen MR) is 128 cm³/mol. The van der Waals surface area contributed by atoms with Crippen molar-refractivity contribution in [1.29, 1.82) is 0 Å². The average Bonchev–Trinajstić information content (AvgIpc) is 3.52. The Labute approximate surface area is 201 Å². The molecule has 172 valence electrons. The van der Waals surface area contributed by atoms with Crippen molar-refractivity contribution in [3.63, 3.8) is 0 Å². The molecule has 0 spiro atoms. The van der Waals surface area contributed by atoms with Gasteiger partial charge in [-0.05, 0) is 42.3 Å². The molecule has 0 saturated carbocycles. The number of piperidine rings is 1. The summed E-state index contributed by atoms with van der Waals surface area (Å²) in [7, 11) is 0. The van der Waals surface area contributed by atoms with Gasteiger partial charge >= 0.3 is 0 Å². The molecule has 4 heterocycles. The van der Waals surface area contributed by atoms with Crippen LogP contribution in [0.2, 0.25) is 5.15 Å². The third-order valence-electron chi connectivity index (χ3n) is 5.23. The van der Waals surface area contributed by atoms with Crippen molar-refractivity contribution in [2.24, 2.45) is 0 Å². The molecular formula is C22H25ClN8OS. The molecule has 0 amide bonds. The monoisotopic (exact) mass is 484 g/mol. The summed E-state index contributed by atoms with van der Waals surface area (Å²) in [5.41, 5.74) is 1.82. The van der Waals surface area contributed by atoms with E-state index < -0.39 is 0 Å². The number of hydrogen-bond acceptors (Lipinski definition) is 9. The topological polar surface area (TPSA) is 94.7 Å². The zero-order valence-electron chi connectivity index (χ0n) is 18.3. The highest BCUT2D eigenvalue weighted by atomic mass is 35.5. The molecule has 0 aliphatic carbocycles. The summed E-state index contributed by atoms with van der Waals surface area (Å²) in [5.74, 6) is 1.84. The van der Waals surface area contributed by atoms with E-state index in [4.69, 9.17) is 21.3 Å². The number of aryl methyl sites for hydroxylation is 1. The zero-order chi connectivity index (χ0) is 23.0. The Kier molecular flexibility index (Phi) is 7.79. The Hall–Kier alpha value is -3.11. The number of ether oxygens (including phenoxy) is 1. The van der Waals surface area contributed by atoms with Crippen LogP contribution in [0.5, 0.6) is 0 Å². The van der Waals surface area contributed by atoms with Crippen LogP contribution in [0.4, 0.5) is 5.95 Å². The second kappa shape index (κ2) is 11.2. The van der Waals surface area contributed by atoms with Gasteiger partial charge in [0.1, 0.15) is 23.8 Å². The molecule has 9 nitrogen and oxygen atoms in total. The highest BCUT2D eigenvalue weighted by molar-refractivity contribution is 7.09. The summed E-state index contributed by atoms with van der Waals surface area (Å²) in [5, 5.41) is 14.8. The summed E-state index contributed by atoms with van der Waals surface area (Å²) >= 11 is 7.86. The van der Waals surface area contributed by atoms with Gasteiger partial charge in [0, 0.05) is 36.1 Å². The molecule has 1 aliphatic heterocycles. The van der Waals surface area contributed by atoms with Crippen LogP contribution in [0, 0.1) is 6.92 Å². The van der Waals surface area contributed by atoms with Crippen molar-refractivity contribution in [2.75, 3.05) is 18.0 Å². The fraction of sp³-hybridized carbons (Fsp3) is 0.364. The minimum Gasteiger partial charge on any atom is -0.487 e. The molecular weight excluding hydrogens is 460 g/mol. The number of tetrazole rings is 1. The molecule has 1 saturated heterocycles. The van der Waals surface area contributed by atoms with Crippen molar-refractivity contribution in [1.82, 2.24) is 35.2 Å². The maximum atomic E-state index is 6.16. The van der Waals surface area contributed by atoms with Crippen LogP contribution >= 0.6 is 22.9 Å². The summed E-state index contributed by atoms with van der Waals surface area (Å²) in [4.78, 5) is 15.9. The van der Waals surface area contributed by atoms with Gasteiger partial charge in [-0.15, -0.1) is 16.4 Å². The third kappa shape index (κ3) is 6.23. The second-order valence-electron chi connectivity index (χ2n) is 7.61. The molecule has 0 bridgehead atoms. The van der Waals surface area contributed by atoms with Gasteiger partial charge in [-0.2, -0.15) is 0 Å². The highest BCUT2D eigenvalue weighted by Gasteiger charge is 2.24. The van der Waals surface area contributed by atoms with E-state index in [1.807, 2.05) is 25.2 Å². The number of nitrogens with zero attached hydrogens (tertiary/aromatic N) is 8. The van der Waals surface area contributed by atoms with E-state index in [2.05, 4.69) is 42.4 Å². The van der Waals surface area contributed by atoms with E-state index in [0.717, 1.165) is 42.2 Å².